The molecular formula is C14H15N3O4S. The van der Waals surface area contributed by atoms with Gasteiger partial charge in [0.05, 0.1) is 0 Å². The van der Waals surface area contributed by atoms with Gasteiger partial charge >= 0.3 is 5.97 Å². The molecular weight excluding hydrogens is 306 g/mol. The second-order valence-electron chi connectivity index (χ2n) is 5.18. The lowest BCUT2D eigenvalue weighted by molar-refractivity contribution is 0.0692. The third-order valence-electron chi connectivity index (χ3n) is 3.71. The highest BCUT2D eigenvalue weighted by atomic mass is 32.2. The van der Waals surface area contributed by atoms with E-state index in [1.807, 2.05) is 24.3 Å². The first-order chi connectivity index (χ1) is 10.4. The summed E-state index contributed by atoms with van der Waals surface area (Å²) in [4.78, 5) is 11.2. The highest BCUT2D eigenvalue weighted by Crippen LogP contribution is 2.25. The standard InChI is InChI=1S/C14H15N3O4S/c1-16-9-12(14(18)19)13(15-16)22(20,21)17-7-6-10-4-2-3-5-11(10)8-17/h2-5,9H,6-8H2,1H3,(H,18,19). The van der Waals surface area contributed by atoms with Crippen molar-refractivity contribution in [1.82, 2.24) is 14.1 Å². The summed E-state index contributed by atoms with van der Waals surface area (Å²) >= 11 is 0. The van der Waals surface area contributed by atoms with Crippen LogP contribution in [0.1, 0.15) is 21.5 Å². The third kappa shape index (κ3) is 2.40. The predicted octanol–water partition coefficient (Wildman–Crippen LogP) is 0.865. The van der Waals surface area contributed by atoms with Gasteiger partial charge in [0, 0.05) is 26.3 Å². The number of aromatic carboxylic acids is 1. The van der Waals surface area contributed by atoms with Gasteiger partial charge in [0.25, 0.3) is 10.0 Å². The zero-order valence-corrected chi connectivity index (χ0v) is 12.7. The molecule has 1 aliphatic rings. The van der Waals surface area contributed by atoms with Crippen LogP contribution >= 0.6 is 0 Å². The molecule has 2 heterocycles. The van der Waals surface area contributed by atoms with Gasteiger partial charge < -0.3 is 5.11 Å². The molecule has 0 saturated heterocycles. The normalized spacial score (nSPS) is 15.5. The maximum atomic E-state index is 12.7. The van der Waals surface area contributed by atoms with Crippen LogP contribution in [0, 0.1) is 0 Å². The molecule has 0 radical (unpaired) electrons. The Balaban J connectivity index is 2.00. The fraction of sp³-hybridized carbons (Fsp3) is 0.286. The van der Waals surface area contributed by atoms with Gasteiger partial charge in [0.1, 0.15) is 5.56 Å². The first-order valence-corrected chi connectivity index (χ1v) is 8.17. The average molecular weight is 321 g/mol. The first kappa shape index (κ1) is 14.7. The van der Waals surface area contributed by atoms with Gasteiger partial charge in [-0.2, -0.15) is 9.40 Å². The third-order valence-corrected chi connectivity index (χ3v) is 5.49. The van der Waals surface area contributed by atoms with Gasteiger partial charge in [0.15, 0.2) is 0 Å². The number of benzene rings is 1. The van der Waals surface area contributed by atoms with Gasteiger partial charge in [-0.25, -0.2) is 13.2 Å². The Kier molecular flexibility index (Phi) is 3.50. The molecule has 0 unspecified atom stereocenters. The highest BCUT2D eigenvalue weighted by molar-refractivity contribution is 7.89. The van der Waals surface area contributed by atoms with E-state index in [9.17, 15) is 13.2 Å². The number of sulfonamides is 1. The van der Waals surface area contributed by atoms with E-state index in [-0.39, 0.29) is 12.1 Å². The van der Waals surface area contributed by atoms with Gasteiger partial charge in [-0.3, -0.25) is 4.68 Å². The first-order valence-electron chi connectivity index (χ1n) is 6.73. The summed E-state index contributed by atoms with van der Waals surface area (Å²) in [7, 11) is -2.44. The number of rotatable bonds is 3. The predicted molar refractivity (Wildman–Crippen MR) is 77.9 cm³/mol. The molecule has 0 spiro atoms. The number of nitrogens with zero attached hydrogens (tertiary/aromatic N) is 3. The Morgan fingerprint density at radius 2 is 1.95 bits per heavy atom. The van der Waals surface area contributed by atoms with Crippen molar-refractivity contribution >= 4 is 16.0 Å². The molecule has 2 aromatic rings. The summed E-state index contributed by atoms with van der Waals surface area (Å²) in [5, 5.41) is 12.6. The number of hydrogen-bond acceptors (Lipinski definition) is 4. The Bertz CT molecular complexity index is 842. The largest absolute Gasteiger partial charge is 0.478 e. The van der Waals surface area contributed by atoms with Crippen LogP contribution in [-0.4, -0.2) is 40.1 Å². The van der Waals surface area contributed by atoms with E-state index in [4.69, 9.17) is 5.11 Å². The van der Waals surface area contributed by atoms with E-state index in [2.05, 4.69) is 5.10 Å². The minimum Gasteiger partial charge on any atom is -0.478 e. The molecule has 22 heavy (non-hydrogen) atoms. The topological polar surface area (TPSA) is 92.5 Å². The van der Waals surface area contributed by atoms with Crippen LogP contribution in [-0.2, 0) is 30.0 Å². The molecule has 0 atom stereocenters. The molecule has 0 saturated carbocycles. The quantitative estimate of drug-likeness (QED) is 0.905. The van der Waals surface area contributed by atoms with Crippen molar-refractivity contribution in [2.45, 2.75) is 18.0 Å². The summed E-state index contributed by atoms with van der Waals surface area (Å²) in [5.74, 6) is -1.30. The minimum absolute atomic E-state index is 0.230. The molecule has 0 fully saturated rings. The lowest BCUT2D eigenvalue weighted by Crippen LogP contribution is -2.36. The van der Waals surface area contributed by atoms with E-state index < -0.39 is 21.0 Å². The number of hydrogen-bond donors (Lipinski definition) is 1. The minimum atomic E-state index is -3.94. The molecule has 0 amide bonds. The van der Waals surface area contributed by atoms with Gasteiger partial charge in [-0.1, -0.05) is 24.3 Å². The van der Waals surface area contributed by atoms with E-state index >= 15 is 0 Å². The van der Waals surface area contributed by atoms with Crippen molar-refractivity contribution in [2.75, 3.05) is 6.54 Å². The van der Waals surface area contributed by atoms with Crippen molar-refractivity contribution < 1.29 is 18.3 Å². The maximum absolute atomic E-state index is 12.7. The lowest BCUT2D eigenvalue weighted by Gasteiger charge is -2.27. The van der Waals surface area contributed by atoms with Crippen LogP contribution in [0.25, 0.3) is 0 Å². The van der Waals surface area contributed by atoms with Crippen LogP contribution < -0.4 is 0 Å². The van der Waals surface area contributed by atoms with E-state index in [0.717, 1.165) is 11.1 Å². The highest BCUT2D eigenvalue weighted by Gasteiger charge is 2.34. The lowest BCUT2D eigenvalue weighted by atomic mass is 10.0. The molecule has 1 aromatic carbocycles. The summed E-state index contributed by atoms with van der Waals surface area (Å²) in [6.07, 6.45) is 1.80. The number of aromatic nitrogens is 2. The van der Waals surface area contributed by atoms with Crippen molar-refractivity contribution in [3.05, 3.63) is 47.2 Å². The van der Waals surface area contributed by atoms with Crippen molar-refractivity contribution in [1.29, 1.82) is 0 Å². The number of carbonyl (C=O) groups is 1. The Hall–Kier alpha value is -2.19. The van der Waals surface area contributed by atoms with Gasteiger partial charge in [-0.15, -0.1) is 0 Å². The van der Waals surface area contributed by atoms with Crippen molar-refractivity contribution in [3.63, 3.8) is 0 Å². The van der Waals surface area contributed by atoms with Crippen LogP contribution in [0.3, 0.4) is 0 Å². The molecule has 0 aliphatic carbocycles. The van der Waals surface area contributed by atoms with E-state index in [0.29, 0.717) is 13.0 Å². The zero-order valence-electron chi connectivity index (χ0n) is 11.9. The second kappa shape index (κ2) is 5.22. The van der Waals surface area contributed by atoms with Crippen molar-refractivity contribution in [2.24, 2.45) is 7.05 Å². The van der Waals surface area contributed by atoms with Crippen molar-refractivity contribution in [3.8, 4) is 0 Å². The SMILES string of the molecule is Cn1cc(C(=O)O)c(S(=O)(=O)N2CCc3ccccc3C2)n1. The molecule has 116 valence electrons. The van der Waals surface area contributed by atoms with Gasteiger partial charge in [0.2, 0.25) is 5.03 Å². The van der Waals surface area contributed by atoms with Crippen LogP contribution in [0.15, 0.2) is 35.5 Å². The summed E-state index contributed by atoms with van der Waals surface area (Å²) in [6, 6.07) is 7.64. The monoisotopic (exact) mass is 321 g/mol. The summed E-state index contributed by atoms with van der Waals surface area (Å²) in [5.41, 5.74) is 1.75. The van der Waals surface area contributed by atoms with E-state index in [1.165, 1.54) is 22.2 Å². The van der Waals surface area contributed by atoms with Gasteiger partial charge in [-0.05, 0) is 17.5 Å². The fourth-order valence-corrected chi connectivity index (χ4v) is 4.14. The number of fused-ring (bicyclic) bond motifs is 1. The molecule has 8 heteroatoms. The zero-order chi connectivity index (χ0) is 15.9. The molecule has 7 nitrogen and oxygen atoms in total. The smallest absolute Gasteiger partial charge is 0.340 e. The number of carboxylic acid groups (broad SMARTS) is 1. The van der Waals surface area contributed by atoms with Crippen LogP contribution in [0.2, 0.25) is 0 Å². The summed E-state index contributed by atoms with van der Waals surface area (Å²) in [6.45, 7) is 0.545. The Morgan fingerprint density at radius 3 is 2.64 bits per heavy atom. The van der Waals surface area contributed by atoms with Crippen LogP contribution in [0.4, 0.5) is 0 Å². The fourth-order valence-electron chi connectivity index (χ4n) is 2.60. The molecule has 1 N–H and O–H groups in total. The maximum Gasteiger partial charge on any atom is 0.340 e. The summed E-state index contributed by atoms with van der Waals surface area (Å²) < 4.78 is 27.9. The number of aryl methyl sites for hydroxylation is 1. The average Bonchev–Trinajstić information content (AvgIpc) is 2.90. The van der Waals surface area contributed by atoms with Crippen LogP contribution in [0.5, 0.6) is 0 Å². The Morgan fingerprint density at radius 1 is 1.27 bits per heavy atom. The molecule has 3 rings (SSSR count). The molecule has 0 bridgehead atoms. The molecule has 1 aromatic heterocycles. The second-order valence-corrected chi connectivity index (χ2v) is 7.04. The van der Waals surface area contributed by atoms with E-state index in [1.54, 1.807) is 0 Å². The number of carboxylic acids is 1. The Labute approximate surface area is 127 Å². The molecule has 1 aliphatic heterocycles.